The van der Waals surface area contributed by atoms with E-state index in [0.29, 0.717) is 11.6 Å². The van der Waals surface area contributed by atoms with E-state index in [1.54, 1.807) is 19.1 Å². The molecule has 4 nitrogen and oxygen atoms in total. The Labute approximate surface area is 145 Å². The number of esters is 1. The minimum Gasteiger partial charge on any atom is -0.508 e. The molecule has 1 N–H and O–H groups in total. The maximum atomic E-state index is 12.0. The van der Waals surface area contributed by atoms with E-state index in [0.717, 1.165) is 27.8 Å². The average Bonchev–Trinajstić information content (AvgIpc) is 2.80. The van der Waals surface area contributed by atoms with Crippen molar-refractivity contribution in [1.29, 1.82) is 0 Å². The summed E-state index contributed by atoms with van der Waals surface area (Å²) in [6, 6.07) is 12.6. The van der Waals surface area contributed by atoms with Gasteiger partial charge in [-0.1, -0.05) is 23.7 Å². The number of carbonyl (C=O) groups is 1. The second-order valence-corrected chi connectivity index (χ2v) is 5.94. The zero-order chi connectivity index (χ0) is 17.3. The highest BCUT2D eigenvalue weighted by Crippen LogP contribution is 2.34. The normalized spacial score (nSPS) is 11.0. The van der Waals surface area contributed by atoms with Crippen LogP contribution in [0.25, 0.3) is 16.6 Å². The molecule has 1 aromatic heterocycles. The number of halogens is 1. The number of fused-ring (bicyclic) bond motifs is 1. The Morgan fingerprint density at radius 1 is 1.25 bits per heavy atom. The molecule has 2 aromatic carbocycles. The van der Waals surface area contributed by atoms with Gasteiger partial charge in [0.1, 0.15) is 5.75 Å². The van der Waals surface area contributed by atoms with E-state index in [4.69, 9.17) is 16.3 Å². The van der Waals surface area contributed by atoms with Crippen LogP contribution in [0, 0.1) is 6.92 Å². The van der Waals surface area contributed by atoms with E-state index < -0.39 is 0 Å². The molecule has 0 amide bonds. The third-order valence-electron chi connectivity index (χ3n) is 4.04. The quantitative estimate of drug-likeness (QED) is 0.714. The number of rotatable bonds is 4. The number of nitrogens with zero attached hydrogens (tertiary/aromatic N) is 1. The van der Waals surface area contributed by atoms with Gasteiger partial charge in [-0.3, -0.25) is 4.79 Å². The van der Waals surface area contributed by atoms with Crippen molar-refractivity contribution in [2.45, 2.75) is 20.3 Å². The first-order valence-electron chi connectivity index (χ1n) is 7.76. The fourth-order valence-corrected chi connectivity index (χ4v) is 3.21. The van der Waals surface area contributed by atoms with Gasteiger partial charge in [0, 0.05) is 17.1 Å². The average molecular weight is 344 g/mol. The molecule has 0 spiro atoms. The number of hydrogen-bond acceptors (Lipinski definition) is 3. The van der Waals surface area contributed by atoms with Crippen LogP contribution in [0.4, 0.5) is 0 Å². The molecule has 3 rings (SSSR count). The highest BCUT2D eigenvalue weighted by atomic mass is 35.5. The summed E-state index contributed by atoms with van der Waals surface area (Å²) in [6.07, 6.45) is 0.179. The SMILES string of the molecule is CCOC(=O)Cc1c(C)n(-c2ccccc2Cl)c2cc(O)ccc12. The predicted octanol–water partition coefficient (Wildman–Crippen LogP) is 4.40. The first-order valence-corrected chi connectivity index (χ1v) is 8.14. The fourth-order valence-electron chi connectivity index (χ4n) is 2.99. The van der Waals surface area contributed by atoms with Gasteiger partial charge in [-0.05, 0) is 43.7 Å². The predicted molar refractivity (Wildman–Crippen MR) is 95.0 cm³/mol. The lowest BCUT2D eigenvalue weighted by Gasteiger charge is -2.11. The summed E-state index contributed by atoms with van der Waals surface area (Å²) in [5.41, 5.74) is 3.39. The third kappa shape index (κ3) is 2.85. The van der Waals surface area contributed by atoms with Crippen LogP contribution in [-0.2, 0) is 16.0 Å². The number of aromatic hydroxyl groups is 1. The molecule has 0 saturated carbocycles. The van der Waals surface area contributed by atoms with E-state index in [9.17, 15) is 9.90 Å². The van der Waals surface area contributed by atoms with Crippen molar-refractivity contribution in [3.63, 3.8) is 0 Å². The number of phenols is 1. The van der Waals surface area contributed by atoms with Crippen LogP contribution in [0.3, 0.4) is 0 Å². The third-order valence-corrected chi connectivity index (χ3v) is 4.36. The number of hydrogen-bond donors (Lipinski definition) is 1. The first-order chi connectivity index (χ1) is 11.5. The molecule has 0 unspecified atom stereocenters. The van der Waals surface area contributed by atoms with Crippen molar-refractivity contribution < 1.29 is 14.6 Å². The van der Waals surface area contributed by atoms with Gasteiger partial charge in [0.05, 0.1) is 29.3 Å². The minimum atomic E-state index is -0.271. The number of ether oxygens (including phenoxy) is 1. The van der Waals surface area contributed by atoms with Crippen molar-refractivity contribution in [2.24, 2.45) is 0 Å². The Balaban J connectivity index is 2.26. The lowest BCUT2D eigenvalue weighted by molar-refractivity contribution is -0.142. The lowest BCUT2D eigenvalue weighted by Crippen LogP contribution is -2.08. The molecule has 0 aliphatic heterocycles. The summed E-state index contributed by atoms with van der Waals surface area (Å²) in [5.74, 6) is -0.108. The molecular weight excluding hydrogens is 326 g/mol. The van der Waals surface area contributed by atoms with Gasteiger partial charge in [0.2, 0.25) is 0 Å². The number of carbonyl (C=O) groups excluding carboxylic acids is 1. The van der Waals surface area contributed by atoms with Crippen LogP contribution in [-0.4, -0.2) is 22.2 Å². The van der Waals surface area contributed by atoms with Crippen LogP contribution < -0.4 is 0 Å². The van der Waals surface area contributed by atoms with Crippen molar-refractivity contribution in [3.8, 4) is 11.4 Å². The Hall–Kier alpha value is -2.46. The van der Waals surface area contributed by atoms with Crippen molar-refractivity contribution >= 4 is 28.5 Å². The molecule has 0 bridgehead atoms. The summed E-state index contributed by atoms with van der Waals surface area (Å²) in [6.45, 7) is 4.08. The molecule has 0 aliphatic carbocycles. The summed E-state index contributed by atoms with van der Waals surface area (Å²) in [4.78, 5) is 12.0. The molecule has 0 aliphatic rings. The van der Waals surface area contributed by atoms with Crippen LogP contribution in [0.1, 0.15) is 18.2 Å². The molecule has 0 fully saturated rings. The summed E-state index contributed by atoms with van der Waals surface area (Å²) in [7, 11) is 0. The number of para-hydroxylation sites is 1. The highest BCUT2D eigenvalue weighted by Gasteiger charge is 2.19. The minimum absolute atomic E-state index is 0.163. The Bertz CT molecular complexity index is 914. The molecule has 124 valence electrons. The van der Waals surface area contributed by atoms with Crippen molar-refractivity contribution in [2.75, 3.05) is 6.61 Å². The van der Waals surface area contributed by atoms with E-state index in [-0.39, 0.29) is 18.1 Å². The number of phenolic OH excluding ortho intramolecular Hbond substituents is 1. The zero-order valence-corrected chi connectivity index (χ0v) is 14.3. The Kier molecular flexibility index (Phi) is 4.49. The molecule has 0 radical (unpaired) electrons. The van der Waals surface area contributed by atoms with E-state index in [1.807, 2.05) is 41.8 Å². The van der Waals surface area contributed by atoms with Crippen LogP contribution in [0.15, 0.2) is 42.5 Å². The van der Waals surface area contributed by atoms with Gasteiger partial charge in [0.15, 0.2) is 0 Å². The van der Waals surface area contributed by atoms with Gasteiger partial charge in [0.25, 0.3) is 0 Å². The monoisotopic (exact) mass is 343 g/mol. The first kappa shape index (κ1) is 16.4. The summed E-state index contributed by atoms with van der Waals surface area (Å²) in [5, 5.41) is 11.4. The van der Waals surface area contributed by atoms with Crippen molar-refractivity contribution in [1.82, 2.24) is 4.57 Å². The number of aromatic nitrogens is 1. The largest absolute Gasteiger partial charge is 0.508 e. The van der Waals surface area contributed by atoms with Crippen molar-refractivity contribution in [3.05, 3.63) is 58.7 Å². The maximum Gasteiger partial charge on any atom is 0.310 e. The van der Waals surface area contributed by atoms with Gasteiger partial charge >= 0.3 is 5.97 Å². The van der Waals surface area contributed by atoms with Crippen LogP contribution >= 0.6 is 11.6 Å². The van der Waals surface area contributed by atoms with E-state index in [1.165, 1.54) is 0 Å². The molecule has 1 heterocycles. The van der Waals surface area contributed by atoms with Gasteiger partial charge in [-0.25, -0.2) is 0 Å². The second-order valence-electron chi connectivity index (χ2n) is 5.53. The van der Waals surface area contributed by atoms with Crippen LogP contribution in [0.5, 0.6) is 5.75 Å². The maximum absolute atomic E-state index is 12.0. The molecule has 0 saturated heterocycles. The molecule has 5 heteroatoms. The lowest BCUT2D eigenvalue weighted by atomic mass is 10.1. The molecular formula is C19H18ClNO3. The standard InChI is InChI=1S/C19H18ClNO3/c1-3-24-19(23)11-15-12(2)21(17-7-5-4-6-16(17)20)18-10-13(22)8-9-14(15)18/h4-10,22H,3,11H2,1-2H3. The van der Waals surface area contributed by atoms with E-state index >= 15 is 0 Å². The zero-order valence-electron chi connectivity index (χ0n) is 13.5. The molecule has 3 aromatic rings. The topological polar surface area (TPSA) is 51.5 Å². The van der Waals surface area contributed by atoms with E-state index in [2.05, 4.69) is 0 Å². The molecule has 24 heavy (non-hydrogen) atoms. The van der Waals surface area contributed by atoms with Gasteiger partial charge in [-0.15, -0.1) is 0 Å². The molecule has 0 atom stereocenters. The second kappa shape index (κ2) is 6.57. The highest BCUT2D eigenvalue weighted by molar-refractivity contribution is 6.32. The number of benzene rings is 2. The summed E-state index contributed by atoms with van der Waals surface area (Å²) >= 11 is 6.36. The Morgan fingerprint density at radius 3 is 2.71 bits per heavy atom. The fraction of sp³-hybridized carbons (Fsp3) is 0.211. The van der Waals surface area contributed by atoms with Crippen LogP contribution in [0.2, 0.25) is 5.02 Å². The van der Waals surface area contributed by atoms with Gasteiger partial charge < -0.3 is 14.4 Å². The Morgan fingerprint density at radius 2 is 2.00 bits per heavy atom. The van der Waals surface area contributed by atoms with Gasteiger partial charge in [-0.2, -0.15) is 0 Å². The summed E-state index contributed by atoms with van der Waals surface area (Å²) < 4.78 is 7.05. The smallest absolute Gasteiger partial charge is 0.310 e.